The lowest BCUT2D eigenvalue weighted by Crippen LogP contribution is -2.51. The van der Waals surface area contributed by atoms with Crippen LogP contribution in [-0.4, -0.2) is 60.8 Å². The van der Waals surface area contributed by atoms with E-state index in [1.165, 1.54) is 27.6 Å². The van der Waals surface area contributed by atoms with Gasteiger partial charge in [0.25, 0.3) is 0 Å². The number of nitrogens with one attached hydrogen (secondary N) is 1. The van der Waals surface area contributed by atoms with Crippen molar-refractivity contribution in [1.29, 1.82) is 0 Å². The molecule has 3 rings (SSSR count). The van der Waals surface area contributed by atoms with Gasteiger partial charge in [-0.15, -0.1) is 22.7 Å². The van der Waals surface area contributed by atoms with Gasteiger partial charge in [0.2, 0.25) is 11.8 Å². The monoisotopic (exact) mass is 447 g/mol. The molecule has 1 saturated heterocycles. The Hall–Kier alpha value is -1.49. The van der Waals surface area contributed by atoms with Gasteiger partial charge in [-0.1, -0.05) is 11.6 Å². The van der Waals surface area contributed by atoms with Crippen LogP contribution in [0.25, 0.3) is 9.88 Å². The number of thiophene rings is 1. The Bertz CT molecular complexity index is 940. The summed E-state index contributed by atoms with van der Waals surface area (Å²) in [5, 5.41) is 5.28. The number of halogens is 1. The topological polar surface area (TPSA) is 96.4 Å². The van der Waals surface area contributed by atoms with E-state index in [0.717, 1.165) is 9.88 Å². The highest BCUT2D eigenvalue weighted by molar-refractivity contribution is 7.91. The van der Waals surface area contributed by atoms with Crippen LogP contribution in [-0.2, 0) is 25.8 Å². The van der Waals surface area contributed by atoms with Gasteiger partial charge in [-0.25, -0.2) is 13.4 Å². The third-order valence-electron chi connectivity index (χ3n) is 4.08. The predicted octanol–water partition coefficient (Wildman–Crippen LogP) is 1.83. The third-order valence-corrected chi connectivity index (χ3v) is 7.98. The molecular weight excluding hydrogens is 430 g/mol. The minimum atomic E-state index is -3.05. The van der Waals surface area contributed by atoms with Crippen LogP contribution in [0, 0.1) is 0 Å². The van der Waals surface area contributed by atoms with E-state index >= 15 is 0 Å². The molecule has 1 atom stereocenters. The van der Waals surface area contributed by atoms with Crippen molar-refractivity contribution in [3.63, 3.8) is 0 Å². The number of carbonyl (C=O) groups excluding carboxylic acids is 2. The van der Waals surface area contributed by atoms with Gasteiger partial charge in [-0.3, -0.25) is 9.59 Å². The van der Waals surface area contributed by atoms with Crippen LogP contribution >= 0.6 is 34.3 Å². The normalized spacial score (nSPS) is 17.5. The maximum atomic E-state index is 12.4. The van der Waals surface area contributed by atoms with Crippen LogP contribution in [0.3, 0.4) is 0 Å². The van der Waals surface area contributed by atoms with E-state index in [1.54, 1.807) is 13.0 Å². The minimum absolute atomic E-state index is 0.0340. The Morgan fingerprint density at radius 1 is 1.33 bits per heavy atom. The maximum Gasteiger partial charge on any atom is 0.244 e. The molecule has 2 amide bonds. The molecule has 0 radical (unpaired) electrons. The molecule has 0 spiro atoms. The van der Waals surface area contributed by atoms with Crippen LogP contribution in [0.4, 0.5) is 0 Å². The first-order chi connectivity index (χ1) is 12.7. The molecule has 0 bridgehead atoms. The zero-order valence-corrected chi connectivity index (χ0v) is 17.7. The average molecular weight is 448 g/mol. The van der Waals surface area contributed by atoms with Gasteiger partial charge >= 0.3 is 0 Å². The smallest absolute Gasteiger partial charge is 0.244 e. The fourth-order valence-corrected chi connectivity index (χ4v) is 5.79. The molecule has 1 aliphatic rings. The molecule has 2 aromatic rings. The lowest BCUT2D eigenvalue weighted by molar-refractivity contribution is -0.135. The summed E-state index contributed by atoms with van der Waals surface area (Å²) in [6.07, 6.45) is 0.0710. The summed E-state index contributed by atoms with van der Waals surface area (Å²) in [5.74, 6) is -0.645. The second-order valence-electron chi connectivity index (χ2n) is 6.19. The molecule has 1 N–H and O–H groups in total. The Balaban J connectivity index is 1.53. The first-order valence-electron chi connectivity index (χ1n) is 8.22. The number of amides is 2. The van der Waals surface area contributed by atoms with Crippen LogP contribution in [0.1, 0.15) is 12.6 Å². The van der Waals surface area contributed by atoms with E-state index in [0.29, 0.717) is 10.0 Å². The largest absolute Gasteiger partial charge is 0.344 e. The summed E-state index contributed by atoms with van der Waals surface area (Å²) in [7, 11) is -3.05. The van der Waals surface area contributed by atoms with E-state index in [-0.39, 0.29) is 42.8 Å². The van der Waals surface area contributed by atoms with Crippen molar-refractivity contribution in [2.75, 3.05) is 24.6 Å². The highest BCUT2D eigenvalue weighted by Gasteiger charge is 2.28. The molecule has 2 aromatic heterocycles. The van der Waals surface area contributed by atoms with Gasteiger partial charge in [0.15, 0.2) is 9.84 Å². The molecule has 7 nitrogen and oxygen atoms in total. The number of carbonyl (C=O) groups is 2. The molecule has 0 aromatic carbocycles. The number of sulfone groups is 1. The average Bonchev–Trinajstić information content (AvgIpc) is 3.23. The van der Waals surface area contributed by atoms with E-state index in [4.69, 9.17) is 11.6 Å². The number of rotatable bonds is 5. The van der Waals surface area contributed by atoms with Crippen LogP contribution < -0.4 is 5.32 Å². The van der Waals surface area contributed by atoms with Gasteiger partial charge in [-0.2, -0.15) is 0 Å². The Kier molecular flexibility index (Phi) is 6.19. The van der Waals surface area contributed by atoms with Gasteiger partial charge < -0.3 is 10.2 Å². The molecule has 0 aliphatic carbocycles. The summed E-state index contributed by atoms with van der Waals surface area (Å²) in [4.78, 5) is 31.5. The van der Waals surface area contributed by atoms with Gasteiger partial charge in [0.05, 0.1) is 32.8 Å². The number of hydrogen-bond donors (Lipinski definition) is 1. The first kappa shape index (κ1) is 20.2. The predicted molar refractivity (Wildman–Crippen MR) is 107 cm³/mol. The molecule has 146 valence electrons. The lowest BCUT2D eigenvalue weighted by atomic mass is 10.2. The van der Waals surface area contributed by atoms with Crippen molar-refractivity contribution in [2.45, 2.75) is 19.4 Å². The summed E-state index contributed by atoms with van der Waals surface area (Å²) in [6.45, 7) is 1.93. The summed E-state index contributed by atoms with van der Waals surface area (Å²) < 4.78 is 23.6. The first-order valence-corrected chi connectivity index (χ1v) is 12.1. The van der Waals surface area contributed by atoms with Crippen molar-refractivity contribution in [3.05, 3.63) is 27.5 Å². The fourth-order valence-electron chi connectivity index (χ4n) is 2.66. The van der Waals surface area contributed by atoms with E-state index in [1.807, 2.05) is 11.4 Å². The van der Waals surface area contributed by atoms with E-state index in [9.17, 15) is 18.0 Å². The highest BCUT2D eigenvalue weighted by atomic mass is 35.5. The summed E-state index contributed by atoms with van der Waals surface area (Å²) in [6, 6.07) is 2.97. The van der Waals surface area contributed by atoms with Crippen LogP contribution in [0.2, 0.25) is 4.34 Å². The molecule has 1 fully saturated rings. The molecule has 1 unspecified atom stereocenters. The number of aromatic nitrogens is 1. The molecular formula is C16H18ClN3O4S3. The molecule has 27 heavy (non-hydrogen) atoms. The van der Waals surface area contributed by atoms with Crippen molar-refractivity contribution in [3.8, 4) is 9.88 Å². The molecule has 3 heterocycles. The van der Waals surface area contributed by atoms with Crippen molar-refractivity contribution in [2.24, 2.45) is 0 Å². The lowest BCUT2D eigenvalue weighted by Gasteiger charge is -2.29. The Morgan fingerprint density at radius 3 is 2.67 bits per heavy atom. The highest BCUT2D eigenvalue weighted by Crippen LogP contribution is 2.32. The SMILES string of the molecule is CC(NC(=O)Cc1csc(-c2ccc(Cl)s2)n1)C(=O)N1CCS(=O)(=O)CC1. The molecule has 1 aliphatic heterocycles. The second kappa shape index (κ2) is 8.26. The zero-order chi connectivity index (χ0) is 19.6. The minimum Gasteiger partial charge on any atom is -0.344 e. The Labute approximate surface area is 170 Å². The summed E-state index contributed by atoms with van der Waals surface area (Å²) in [5.41, 5.74) is 0.626. The standard InChI is InChI=1S/C16H18ClN3O4S3/c1-10(16(22)20-4-6-27(23,24)7-5-20)18-14(21)8-11-9-25-15(19-11)12-2-3-13(17)26-12/h2-3,9-10H,4-8H2,1H3,(H,18,21). The van der Waals surface area contributed by atoms with Gasteiger partial charge in [-0.05, 0) is 19.1 Å². The maximum absolute atomic E-state index is 12.4. The second-order valence-corrected chi connectivity index (χ2v) is 11.1. The van der Waals surface area contributed by atoms with Crippen LogP contribution in [0.15, 0.2) is 17.5 Å². The van der Waals surface area contributed by atoms with Gasteiger partial charge in [0.1, 0.15) is 11.0 Å². The molecule has 11 heteroatoms. The molecule has 0 saturated carbocycles. The zero-order valence-electron chi connectivity index (χ0n) is 14.5. The van der Waals surface area contributed by atoms with E-state index < -0.39 is 15.9 Å². The third kappa shape index (κ3) is 5.28. The number of hydrogen-bond acceptors (Lipinski definition) is 7. The van der Waals surface area contributed by atoms with Crippen molar-refractivity contribution < 1.29 is 18.0 Å². The van der Waals surface area contributed by atoms with Crippen LogP contribution in [0.5, 0.6) is 0 Å². The quantitative estimate of drug-likeness (QED) is 0.754. The van der Waals surface area contributed by atoms with Crippen molar-refractivity contribution >= 4 is 55.9 Å². The number of thiazole rings is 1. The summed E-state index contributed by atoms with van der Waals surface area (Å²) >= 11 is 8.79. The van der Waals surface area contributed by atoms with Gasteiger partial charge in [0, 0.05) is 18.5 Å². The van der Waals surface area contributed by atoms with Crippen molar-refractivity contribution in [1.82, 2.24) is 15.2 Å². The fraction of sp³-hybridized carbons (Fsp3) is 0.438. The number of nitrogens with zero attached hydrogens (tertiary/aromatic N) is 2. The van der Waals surface area contributed by atoms with E-state index in [2.05, 4.69) is 10.3 Å². The Morgan fingerprint density at radius 2 is 2.04 bits per heavy atom.